The van der Waals surface area contributed by atoms with Crippen LogP contribution in [0.1, 0.15) is 10.4 Å². The van der Waals surface area contributed by atoms with Crippen LogP contribution in [-0.2, 0) is 10.0 Å². The molecule has 0 bridgehead atoms. The van der Waals surface area contributed by atoms with E-state index in [9.17, 15) is 8.42 Å². The number of nitrogens with zero attached hydrogens (tertiary/aromatic N) is 1. The molecule has 1 aromatic carbocycles. The minimum atomic E-state index is -3.50. The van der Waals surface area contributed by atoms with Gasteiger partial charge in [0.1, 0.15) is 4.90 Å². The van der Waals surface area contributed by atoms with Crippen molar-refractivity contribution >= 4 is 43.0 Å². The van der Waals surface area contributed by atoms with Gasteiger partial charge in [0.25, 0.3) is 10.0 Å². The van der Waals surface area contributed by atoms with E-state index < -0.39 is 10.0 Å². The summed E-state index contributed by atoms with van der Waals surface area (Å²) in [6.07, 6.45) is 0. The standard InChI is InChI=1S/C13H14BrNO2S2/c1-9-5-4-6-11(7-9)15(3)19(16,17)12-8-13(14)18-10(12)2/h4-8H,1-3H3. The van der Waals surface area contributed by atoms with Gasteiger partial charge in [0.15, 0.2) is 0 Å². The maximum Gasteiger partial charge on any atom is 0.265 e. The Morgan fingerprint density at radius 3 is 2.42 bits per heavy atom. The molecule has 0 saturated heterocycles. The van der Waals surface area contributed by atoms with Gasteiger partial charge in [-0.05, 0) is 53.5 Å². The summed E-state index contributed by atoms with van der Waals surface area (Å²) >= 11 is 4.75. The third-order valence-corrected chi connectivity index (χ3v) is 6.44. The zero-order valence-corrected chi connectivity index (χ0v) is 14.1. The molecule has 0 aliphatic heterocycles. The van der Waals surface area contributed by atoms with E-state index in [4.69, 9.17) is 0 Å². The summed E-state index contributed by atoms with van der Waals surface area (Å²) in [5, 5.41) is 0. The molecule has 19 heavy (non-hydrogen) atoms. The van der Waals surface area contributed by atoms with Crippen LogP contribution in [0.25, 0.3) is 0 Å². The average Bonchev–Trinajstić information content (AvgIpc) is 2.68. The van der Waals surface area contributed by atoms with Crippen molar-refractivity contribution in [3.8, 4) is 0 Å². The van der Waals surface area contributed by atoms with Crippen molar-refractivity contribution in [2.45, 2.75) is 18.7 Å². The molecule has 6 heteroatoms. The van der Waals surface area contributed by atoms with E-state index in [0.717, 1.165) is 14.2 Å². The fourth-order valence-corrected chi connectivity index (χ4v) is 5.37. The van der Waals surface area contributed by atoms with Crippen LogP contribution in [0.15, 0.2) is 39.0 Å². The first-order valence-corrected chi connectivity index (χ1v) is 8.69. The Bertz CT molecular complexity index is 707. The number of halogens is 1. The molecule has 102 valence electrons. The number of aryl methyl sites for hydroxylation is 2. The van der Waals surface area contributed by atoms with Gasteiger partial charge in [0.2, 0.25) is 0 Å². The highest BCUT2D eigenvalue weighted by atomic mass is 79.9. The predicted octanol–water partition coefficient (Wildman–Crippen LogP) is 3.95. The summed E-state index contributed by atoms with van der Waals surface area (Å²) in [5.41, 5.74) is 1.70. The number of hydrogen-bond acceptors (Lipinski definition) is 3. The van der Waals surface area contributed by atoms with Crippen molar-refractivity contribution < 1.29 is 8.42 Å². The van der Waals surface area contributed by atoms with Gasteiger partial charge in [-0.15, -0.1) is 11.3 Å². The largest absolute Gasteiger partial charge is 0.269 e. The van der Waals surface area contributed by atoms with Crippen molar-refractivity contribution in [1.82, 2.24) is 0 Å². The Hall–Kier alpha value is -0.850. The van der Waals surface area contributed by atoms with Gasteiger partial charge in [-0.3, -0.25) is 4.31 Å². The van der Waals surface area contributed by atoms with Crippen LogP contribution >= 0.6 is 27.3 Å². The quantitative estimate of drug-likeness (QED) is 0.831. The summed E-state index contributed by atoms with van der Waals surface area (Å²) < 4.78 is 27.3. The molecular weight excluding hydrogens is 346 g/mol. The lowest BCUT2D eigenvalue weighted by Gasteiger charge is -2.19. The van der Waals surface area contributed by atoms with Crippen LogP contribution in [0.2, 0.25) is 0 Å². The summed E-state index contributed by atoms with van der Waals surface area (Å²) in [5.74, 6) is 0. The molecule has 2 rings (SSSR count). The number of thiophene rings is 1. The molecule has 0 unspecified atom stereocenters. The van der Waals surface area contributed by atoms with Crippen molar-refractivity contribution in [1.29, 1.82) is 0 Å². The molecule has 1 heterocycles. The maximum absolute atomic E-state index is 12.6. The van der Waals surface area contributed by atoms with Crippen LogP contribution in [0.3, 0.4) is 0 Å². The highest BCUT2D eigenvalue weighted by Gasteiger charge is 2.25. The molecule has 1 aromatic heterocycles. The summed E-state index contributed by atoms with van der Waals surface area (Å²) in [4.78, 5) is 1.14. The maximum atomic E-state index is 12.6. The van der Waals surface area contributed by atoms with E-state index in [-0.39, 0.29) is 0 Å². The molecule has 0 N–H and O–H groups in total. The fraction of sp³-hybridized carbons (Fsp3) is 0.231. The summed E-state index contributed by atoms with van der Waals surface area (Å²) in [6, 6.07) is 9.10. The summed E-state index contributed by atoms with van der Waals surface area (Å²) in [7, 11) is -1.93. The smallest absolute Gasteiger partial charge is 0.265 e. The summed E-state index contributed by atoms with van der Waals surface area (Å²) in [6.45, 7) is 3.75. The fourth-order valence-electron chi connectivity index (χ4n) is 1.80. The van der Waals surface area contributed by atoms with E-state index >= 15 is 0 Å². The Labute approximate surface area is 126 Å². The number of hydrogen-bond donors (Lipinski definition) is 0. The molecule has 0 aliphatic carbocycles. The molecule has 0 radical (unpaired) electrons. The average molecular weight is 360 g/mol. The van der Waals surface area contributed by atoms with Crippen molar-refractivity contribution in [2.24, 2.45) is 0 Å². The molecule has 0 atom stereocenters. The molecule has 0 fully saturated rings. The van der Waals surface area contributed by atoms with Gasteiger partial charge in [0.05, 0.1) is 9.47 Å². The van der Waals surface area contributed by atoms with E-state index in [2.05, 4.69) is 15.9 Å². The molecule has 0 saturated carbocycles. The normalized spacial score (nSPS) is 11.6. The predicted molar refractivity (Wildman–Crippen MR) is 83.5 cm³/mol. The van der Waals surface area contributed by atoms with Gasteiger partial charge in [-0.1, -0.05) is 12.1 Å². The van der Waals surface area contributed by atoms with Crippen LogP contribution in [0, 0.1) is 13.8 Å². The molecule has 0 spiro atoms. The van der Waals surface area contributed by atoms with Crippen molar-refractivity contribution in [3.63, 3.8) is 0 Å². The zero-order chi connectivity index (χ0) is 14.2. The van der Waals surface area contributed by atoms with Gasteiger partial charge in [-0.25, -0.2) is 8.42 Å². The first kappa shape index (κ1) is 14.6. The number of anilines is 1. The number of sulfonamides is 1. The Morgan fingerprint density at radius 1 is 1.21 bits per heavy atom. The van der Waals surface area contributed by atoms with Gasteiger partial charge >= 0.3 is 0 Å². The van der Waals surface area contributed by atoms with E-state index in [1.54, 1.807) is 19.2 Å². The molecule has 2 aromatic rings. The molecular formula is C13H14BrNO2S2. The van der Waals surface area contributed by atoms with Gasteiger partial charge < -0.3 is 0 Å². The van der Waals surface area contributed by atoms with Crippen LogP contribution in [-0.4, -0.2) is 15.5 Å². The monoisotopic (exact) mass is 359 g/mol. The number of rotatable bonds is 3. The van der Waals surface area contributed by atoms with Crippen molar-refractivity contribution in [2.75, 3.05) is 11.4 Å². The first-order valence-electron chi connectivity index (χ1n) is 5.64. The minimum Gasteiger partial charge on any atom is -0.269 e. The second-order valence-electron chi connectivity index (χ2n) is 4.28. The lowest BCUT2D eigenvalue weighted by Crippen LogP contribution is -2.26. The van der Waals surface area contributed by atoms with Crippen LogP contribution in [0.4, 0.5) is 5.69 Å². The zero-order valence-electron chi connectivity index (χ0n) is 10.8. The number of benzene rings is 1. The third-order valence-electron chi connectivity index (χ3n) is 2.85. The Morgan fingerprint density at radius 2 is 1.89 bits per heavy atom. The molecule has 3 nitrogen and oxygen atoms in total. The van der Waals surface area contributed by atoms with Gasteiger partial charge in [0, 0.05) is 11.9 Å². The Balaban J connectivity index is 2.48. The van der Waals surface area contributed by atoms with E-state index in [1.165, 1.54) is 15.6 Å². The van der Waals surface area contributed by atoms with Crippen LogP contribution in [0.5, 0.6) is 0 Å². The minimum absolute atomic E-state index is 0.355. The van der Waals surface area contributed by atoms with E-state index in [1.807, 2.05) is 32.0 Å². The lowest BCUT2D eigenvalue weighted by molar-refractivity contribution is 0.594. The van der Waals surface area contributed by atoms with E-state index in [0.29, 0.717) is 10.6 Å². The molecule has 0 aliphatic rings. The SMILES string of the molecule is Cc1cccc(N(C)S(=O)(=O)c2cc(Br)sc2C)c1. The Kier molecular flexibility index (Phi) is 4.03. The lowest BCUT2D eigenvalue weighted by atomic mass is 10.2. The van der Waals surface area contributed by atoms with Crippen molar-refractivity contribution in [3.05, 3.63) is 44.6 Å². The third kappa shape index (κ3) is 2.85. The van der Waals surface area contributed by atoms with Gasteiger partial charge in [-0.2, -0.15) is 0 Å². The second kappa shape index (κ2) is 5.26. The molecule has 0 amide bonds. The topological polar surface area (TPSA) is 37.4 Å². The highest BCUT2D eigenvalue weighted by molar-refractivity contribution is 9.11. The highest BCUT2D eigenvalue weighted by Crippen LogP contribution is 2.32. The van der Waals surface area contributed by atoms with Crippen LogP contribution < -0.4 is 4.31 Å². The first-order chi connectivity index (χ1) is 8.82. The second-order valence-corrected chi connectivity index (χ2v) is 8.86.